The van der Waals surface area contributed by atoms with Crippen LogP contribution in [0.25, 0.3) is 0 Å². The first-order valence-electron chi connectivity index (χ1n) is 8.62. The summed E-state index contributed by atoms with van der Waals surface area (Å²) >= 11 is 0. The van der Waals surface area contributed by atoms with Crippen LogP contribution in [0, 0.1) is 13.8 Å². The second-order valence-electron chi connectivity index (χ2n) is 6.15. The number of hydrogen-bond acceptors (Lipinski definition) is 4. The Morgan fingerprint density at radius 1 is 1.38 bits per heavy atom. The van der Waals surface area contributed by atoms with E-state index in [1.54, 1.807) is 23.1 Å². The number of carbonyl (C=O) groups is 2. The minimum atomic E-state index is -0.289. The number of anilines is 2. The molecule has 0 saturated carbocycles. The molecule has 3 amide bonds. The van der Waals surface area contributed by atoms with Gasteiger partial charge in [-0.1, -0.05) is 0 Å². The maximum absolute atomic E-state index is 12.1. The van der Waals surface area contributed by atoms with Crippen LogP contribution in [0.3, 0.4) is 0 Å². The number of carbonyl (C=O) groups excluding carboxylic acids is 2. The molecule has 2 aromatic rings. The first kappa shape index (κ1) is 17.8. The highest BCUT2D eigenvalue weighted by Crippen LogP contribution is 2.34. The van der Waals surface area contributed by atoms with Gasteiger partial charge in [-0.05, 0) is 44.9 Å². The van der Waals surface area contributed by atoms with Gasteiger partial charge in [0.25, 0.3) is 5.91 Å². The Labute approximate surface area is 151 Å². The molecule has 1 aliphatic heterocycles. The van der Waals surface area contributed by atoms with Crippen LogP contribution in [0.1, 0.15) is 23.9 Å². The largest absolute Gasteiger partial charge is 0.481 e. The van der Waals surface area contributed by atoms with E-state index in [4.69, 9.17) is 4.74 Å². The number of hydrogen-bond donors (Lipinski definition) is 3. The summed E-state index contributed by atoms with van der Waals surface area (Å²) in [4.78, 5) is 25.6. The van der Waals surface area contributed by atoms with Gasteiger partial charge >= 0.3 is 6.03 Å². The van der Waals surface area contributed by atoms with E-state index < -0.39 is 0 Å². The normalized spacial score (nSPS) is 13.2. The first-order valence-corrected chi connectivity index (χ1v) is 8.62. The zero-order valence-electron chi connectivity index (χ0n) is 15.2. The lowest BCUT2D eigenvalue weighted by molar-refractivity contribution is -0.121. The lowest BCUT2D eigenvalue weighted by Crippen LogP contribution is -2.38. The quantitative estimate of drug-likeness (QED) is 0.763. The van der Waals surface area contributed by atoms with E-state index in [1.165, 1.54) is 0 Å². The maximum Gasteiger partial charge on any atom is 0.319 e. The molecular weight excluding hydrogens is 334 g/mol. The summed E-state index contributed by atoms with van der Waals surface area (Å²) in [6.45, 7) is 6.92. The summed E-state index contributed by atoms with van der Waals surface area (Å²) in [5.41, 5.74) is 4.43. The molecule has 0 bridgehead atoms. The van der Waals surface area contributed by atoms with E-state index in [1.807, 2.05) is 20.8 Å². The fourth-order valence-corrected chi connectivity index (χ4v) is 3.05. The van der Waals surface area contributed by atoms with Crippen molar-refractivity contribution in [1.82, 2.24) is 15.5 Å². The smallest absolute Gasteiger partial charge is 0.319 e. The van der Waals surface area contributed by atoms with Crippen molar-refractivity contribution < 1.29 is 14.3 Å². The van der Waals surface area contributed by atoms with Crippen LogP contribution >= 0.6 is 0 Å². The van der Waals surface area contributed by atoms with E-state index >= 15 is 0 Å². The molecule has 8 heteroatoms. The third-order valence-electron chi connectivity index (χ3n) is 4.42. The highest BCUT2D eigenvalue weighted by atomic mass is 16.5. The van der Waals surface area contributed by atoms with Crippen LogP contribution in [0.2, 0.25) is 0 Å². The van der Waals surface area contributed by atoms with Crippen LogP contribution < -0.4 is 20.3 Å². The molecule has 0 aliphatic carbocycles. The first-order chi connectivity index (χ1) is 12.5. The number of urea groups is 1. The van der Waals surface area contributed by atoms with Crippen LogP contribution in [0.5, 0.6) is 5.75 Å². The number of aromatic nitrogens is 2. The average Bonchev–Trinajstić information content (AvgIpc) is 2.94. The standard InChI is InChI=1S/C18H23N5O3/c1-4-23-15-6-5-13(9-16(15)26-10-17(23)24)20-18(25)19-8-7-14-11(2)21-22-12(14)3/h5-6,9H,4,7-8,10H2,1-3H3,(H,21,22)(H2,19,20,25). The van der Waals surface area contributed by atoms with Gasteiger partial charge in [0.2, 0.25) is 0 Å². The molecule has 8 nitrogen and oxygen atoms in total. The van der Waals surface area contributed by atoms with Gasteiger partial charge in [-0.3, -0.25) is 9.89 Å². The zero-order valence-corrected chi connectivity index (χ0v) is 15.2. The summed E-state index contributed by atoms with van der Waals surface area (Å²) in [6, 6.07) is 4.98. The Bertz CT molecular complexity index is 811. The molecule has 1 aromatic heterocycles. The lowest BCUT2D eigenvalue weighted by Gasteiger charge is -2.28. The predicted molar refractivity (Wildman–Crippen MR) is 98.8 cm³/mol. The molecule has 0 fully saturated rings. The lowest BCUT2D eigenvalue weighted by atomic mass is 10.1. The number of fused-ring (bicyclic) bond motifs is 1. The summed E-state index contributed by atoms with van der Waals surface area (Å²) in [5.74, 6) is 0.525. The maximum atomic E-state index is 12.1. The Morgan fingerprint density at radius 2 is 2.19 bits per heavy atom. The fourth-order valence-electron chi connectivity index (χ4n) is 3.05. The molecule has 0 radical (unpaired) electrons. The predicted octanol–water partition coefficient (Wildman–Crippen LogP) is 2.14. The number of amides is 3. The molecule has 0 unspecified atom stereocenters. The highest BCUT2D eigenvalue weighted by molar-refractivity contribution is 5.98. The van der Waals surface area contributed by atoms with Crippen molar-refractivity contribution >= 4 is 23.3 Å². The van der Waals surface area contributed by atoms with E-state index in [-0.39, 0.29) is 18.5 Å². The van der Waals surface area contributed by atoms with Crippen LogP contribution in [0.15, 0.2) is 18.2 Å². The van der Waals surface area contributed by atoms with Crippen molar-refractivity contribution in [3.05, 3.63) is 35.2 Å². The van der Waals surface area contributed by atoms with Gasteiger partial charge in [-0.15, -0.1) is 0 Å². The Balaban J connectivity index is 1.57. The van der Waals surface area contributed by atoms with Gasteiger partial charge in [0.1, 0.15) is 5.75 Å². The van der Waals surface area contributed by atoms with Crippen molar-refractivity contribution in [1.29, 1.82) is 0 Å². The van der Waals surface area contributed by atoms with Gasteiger partial charge < -0.3 is 20.3 Å². The van der Waals surface area contributed by atoms with Crippen molar-refractivity contribution in [3.63, 3.8) is 0 Å². The van der Waals surface area contributed by atoms with E-state index in [0.717, 1.165) is 22.6 Å². The Kier molecular flexibility index (Phi) is 5.11. The minimum absolute atomic E-state index is 0.0138. The van der Waals surface area contributed by atoms with E-state index in [0.29, 0.717) is 30.9 Å². The Morgan fingerprint density at radius 3 is 2.88 bits per heavy atom. The topological polar surface area (TPSA) is 99.3 Å². The molecule has 3 rings (SSSR count). The number of likely N-dealkylation sites (N-methyl/N-ethyl adjacent to an activating group) is 1. The van der Waals surface area contributed by atoms with Gasteiger partial charge in [0.05, 0.1) is 11.4 Å². The van der Waals surface area contributed by atoms with Crippen molar-refractivity contribution in [2.75, 3.05) is 29.9 Å². The van der Waals surface area contributed by atoms with Crippen LogP contribution in [0.4, 0.5) is 16.2 Å². The molecule has 1 aliphatic rings. The molecule has 138 valence electrons. The number of aryl methyl sites for hydroxylation is 2. The molecule has 0 spiro atoms. The third-order valence-corrected chi connectivity index (χ3v) is 4.42. The summed E-state index contributed by atoms with van der Waals surface area (Å²) in [7, 11) is 0. The second-order valence-corrected chi connectivity index (χ2v) is 6.15. The monoisotopic (exact) mass is 357 g/mol. The minimum Gasteiger partial charge on any atom is -0.481 e. The van der Waals surface area contributed by atoms with Gasteiger partial charge in [0, 0.05) is 30.5 Å². The number of H-pyrrole nitrogens is 1. The van der Waals surface area contributed by atoms with Gasteiger partial charge in [-0.25, -0.2) is 4.79 Å². The highest BCUT2D eigenvalue weighted by Gasteiger charge is 2.24. The number of nitrogens with one attached hydrogen (secondary N) is 3. The van der Waals surface area contributed by atoms with Crippen LogP contribution in [-0.4, -0.2) is 41.8 Å². The summed E-state index contributed by atoms with van der Waals surface area (Å²) < 4.78 is 5.47. The Hall–Kier alpha value is -3.03. The average molecular weight is 357 g/mol. The van der Waals surface area contributed by atoms with Crippen molar-refractivity contribution in [2.45, 2.75) is 27.2 Å². The SMILES string of the molecule is CCN1C(=O)COc2cc(NC(=O)NCCc3c(C)n[nH]c3C)ccc21. The fraction of sp³-hybridized carbons (Fsp3) is 0.389. The zero-order chi connectivity index (χ0) is 18.7. The van der Waals surface area contributed by atoms with Gasteiger partial charge in [-0.2, -0.15) is 5.10 Å². The molecule has 1 aromatic carbocycles. The molecule has 0 atom stereocenters. The number of ether oxygens (including phenoxy) is 1. The second kappa shape index (κ2) is 7.47. The number of aromatic amines is 1. The van der Waals surface area contributed by atoms with Crippen molar-refractivity contribution in [3.8, 4) is 5.75 Å². The van der Waals surface area contributed by atoms with Crippen molar-refractivity contribution in [2.24, 2.45) is 0 Å². The molecule has 26 heavy (non-hydrogen) atoms. The molecule has 3 N–H and O–H groups in total. The molecule has 0 saturated heterocycles. The number of benzene rings is 1. The number of rotatable bonds is 5. The van der Waals surface area contributed by atoms with E-state index in [2.05, 4.69) is 20.8 Å². The van der Waals surface area contributed by atoms with E-state index in [9.17, 15) is 9.59 Å². The summed E-state index contributed by atoms with van der Waals surface area (Å²) in [6.07, 6.45) is 0.711. The molecular formula is C18H23N5O3. The third kappa shape index (κ3) is 3.63. The number of nitrogens with zero attached hydrogens (tertiary/aromatic N) is 2. The van der Waals surface area contributed by atoms with Gasteiger partial charge in [0.15, 0.2) is 6.61 Å². The van der Waals surface area contributed by atoms with Crippen LogP contribution in [-0.2, 0) is 11.2 Å². The summed E-state index contributed by atoms with van der Waals surface area (Å²) in [5, 5.41) is 12.7. The molecule has 2 heterocycles.